The number of Topliss-reactive ketones (excluding diaryl/α,β-unsaturated/α-hetero) is 1. The highest BCUT2D eigenvalue weighted by molar-refractivity contribution is 6.02. The topological polar surface area (TPSA) is 134 Å². The SMILES string of the molecule is Cc1ccc(C(=O)OCC(=O)c2c(N)n(C)c(=O)n(C)c2=O)c(O)c1. The van der Waals surface area contributed by atoms with Gasteiger partial charge in [-0.05, 0) is 24.6 Å². The molecule has 2 rings (SSSR count). The number of anilines is 1. The molecule has 9 nitrogen and oxygen atoms in total. The first-order valence-electron chi connectivity index (χ1n) is 7.20. The van der Waals surface area contributed by atoms with Crippen LogP contribution in [0.5, 0.6) is 5.75 Å². The van der Waals surface area contributed by atoms with E-state index in [1.807, 2.05) is 0 Å². The molecule has 0 atom stereocenters. The number of benzene rings is 1. The van der Waals surface area contributed by atoms with Gasteiger partial charge in [-0.1, -0.05) is 6.07 Å². The Morgan fingerprint density at radius 2 is 1.84 bits per heavy atom. The number of nitrogens with two attached hydrogens (primary N) is 1. The molecule has 0 aliphatic carbocycles. The van der Waals surface area contributed by atoms with Gasteiger partial charge in [0.2, 0.25) is 5.78 Å². The van der Waals surface area contributed by atoms with Gasteiger partial charge in [0.1, 0.15) is 22.7 Å². The first-order chi connectivity index (χ1) is 11.6. The summed E-state index contributed by atoms with van der Waals surface area (Å²) in [6.07, 6.45) is 0. The quantitative estimate of drug-likeness (QED) is 0.574. The van der Waals surface area contributed by atoms with E-state index in [2.05, 4.69) is 0 Å². The largest absolute Gasteiger partial charge is 0.507 e. The number of carbonyl (C=O) groups is 2. The van der Waals surface area contributed by atoms with Crippen molar-refractivity contribution in [2.24, 2.45) is 14.1 Å². The van der Waals surface area contributed by atoms with Crippen molar-refractivity contribution in [2.45, 2.75) is 6.92 Å². The van der Waals surface area contributed by atoms with Crippen molar-refractivity contribution >= 4 is 17.6 Å². The van der Waals surface area contributed by atoms with Crippen LogP contribution in [0.1, 0.15) is 26.3 Å². The standard InChI is InChI=1S/C16H17N3O6/c1-8-4-5-9(10(20)6-8)15(23)25-7-11(21)12-13(17)18(2)16(24)19(3)14(12)22/h4-6,20H,7,17H2,1-3H3. The zero-order valence-corrected chi connectivity index (χ0v) is 13.9. The minimum absolute atomic E-state index is 0.111. The lowest BCUT2D eigenvalue weighted by Crippen LogP contribution is -2.42. The fourth-order valence-corrected chi connectivity index (χ4v) is 2.22. The number of aromatic hydroxyl groups is 1. The molecule has 25 heavy (non-hydrogen) atoms. The third kappa shape index (κ3) is 3.30. The van der Waals surface area contributed by atoms with Gasteiger partial charge in [-0.25, -0.2) is 9.59 Å². The van der Waals surface area contributed by atoms with Crippen LogP contribution in [-0.2, 0) is 18.8 Å². The Bertz CT molecular complexity index is 987. The minimum Gasteiger partial charge on any atom is -0.507 e. The second-order valence-electron chi connectivity index (χ2n) is 5.49. The maximum absolute atomic E-state index is 12.2. The molecule has 132 valence electrons. The van der Waals surface area contributed by atoms with Gasteiger partial charge < -0.3 is 15.6 Å². The Hall–Kier alpha value is -3.36. The number of aryl methyl sites for hydroxylation is 1. The van der Waals surface area contributed by atoms with Crippen molar-refractivity contribution in [2.75, 3.05) is 12.3 Å². The number of esters is 1. The van der Waals surface area contributed by atoms with Gasteiger partial charge in [0.25, 0.3) is 5.56 Å². The lowest BCUT2D eigenvalue weighted by Gasteiger charge is -2.11. The Morgan fingerprint density at radius 1 is 1.20 bits per heavy atom. The van der Waals surface area contributed by atoms with Crippen molar-refractivity contribution in [3.05, 3.63) is 55.7 Å². The first kappa shape index (κ1) is 18.0. The number of nitrogen functional groups attached to an aromatic ring is 1. The Balaban J connectivity index is 2.26. The number of ketones is 1. The number of hydrogen-bond acceptors (Lipinski definition) is 7. The summed E-state index contributed by atoms with van der Waals surface area (Å²) < 4.78 is 6.53. The number of nitrogens with zero attached hydrogens (tertiary/aromatic N) is 2. The molecule has 0 amide bonds. The second kappa shape index (κ2) is 6.63. The lowest BCUT2D eigenvalue weighted by molar-refractivity contribution is 0.0471. The number of phenolic OH excluding ortho intramolecular Hbond substituents is 1. The van der Waals surface area contributed by atoms with Crippen LogP contribution in [-0.4, -0.2) is 32.6 Å². The molecule has 9 heteroatoms. The number of carbonyl (C=O) groups excluding carboxylic acids is 2. The summed E-state index contributed by atoms with van der Waals surface area (Å²) in [5.74, 6) is -2.37. The monoisotopic (exact) mass is 347 g/mol. The van der Waals surface area contributed by atoms with E-state index in [1.165, 1.54) is 26.2 Å². The van der Waals surface area contributed by atoms with Crippen LogP contribution in [0.15, 0.2) is 27.8 Å². The average molecular weight is 347 g/mol. The number of rotatable bonds is 4. The molecule has 0 saturated carbocycles. The summed E-state index contributed by atoms with van der Waals surface area (Å²) in [5.41, 5.74) is 4.30. The Morgan fingerprint density at radius 3 is 2.44 bits per heavy atom. The molecule has 0 bridgehead atoms. The first-order valence-corrected chi connectivity index (χ1v) is 7.20. The van der Waals surface area contributed by atoms with Gasteiger partial charge in [0.15, 0.2) is 6.61 Å². The fraction of sp³-hybridized carbons (Fsp3) is 0.250. The highest BCUT2D eigenvalue weighted by atomic mass is 16.5. The molecule has 0 aliphatic heterocycles. The summed E-state index contributed by atoms with van der Waals surface area (Å²) in [4.78, 5) is 48.0. The molecule has 0 spiro atoms. The molecule has 2 aromatic rings. The highest BCUT2D eigenvalue weighted by Crippen LogP contribution is 2.19. The molecule has 1 aromatic carbocycles. The van der Waals surface area contributed by atoms with E-state index >= 15 is 0 Å². The van der Waals surface area contributed by atoms with E-state index in [0.717, 1.165) is 14.7 Å². The normalized spacial score (nSPS) is 10.5. The molecule has 0 radical (unpaired) electrons. The lowest BCUT2D eigenvalue weighted by atomic mass is 10.1. The van der Waals surface area contributed by atoms with E-state index in [4.69, 9.17) is 10.5 Å². The van der Waals surface area contributed by atoms with Crippen molar-refractivity contribution in [1.29, 1.82) is 0 Å². The third-order valence-electron chi connectivity index (χ3n) is 3.70. The molecule has 1 aromatic heterocycles. The van der Waals surface area contributed by atoms with E-state index in [9.17, 15) is 24.3 Å². The highest BCUT2D eigenvalue weighted by Gasteiger charge is 2.22. The average Bonchev–Trinajstić information content (AvgIpc) is 2.56. The summed E-state index contributed by atoms with van der Waals surface area (Å²) in [6.45, 7) is 0.973. The van der Waals surface area contributed by atoms with Crippen molar-refractivity contribution in [1.82, 2.24) is 9.13 Å². The molecule has 0 fully saturated rings. The van der Waals surface area contributed by atoms with E-state index in [0.29, 0.717) is 0 Å². The minimum atomic E-state index is -0.925. The van der Waals surface area contributed by atoms with Gasteiger partial charge >= 0.3 is 11.7 Å². The van der Waals surface area contributed by atoms with Gasteiger partial charge in [-0.3, -0.25) is 18.7 Å². The van der Waals surface area contributed by atoms with Gasteiger partial charge in [0.05, 0.1) is 0 Å². The van der Waals surface area contributed by atoms with E-state index in [-0.39, 0.29) is 17.1 Å². The molecule has 0 aliphatic rings. The predicted octanol–water partition coefficient (Wildman–Crippen LogP) is -0.280. The smallest absolute Gasteiger partial charge is 0.342 e. The number of aromatic nitrogens is 2. The Labute approximate surface area is 141 Å². The number of ether oxygens (including phenoxy) is 1. The molecule has 0 saturated heterocycles. The van der Waals surface area contributed by atoms with E-state index in [1.54, 1.807) is 13.0 Å². The predicted molar refractivity (Wildman–Crippen MR) is 88.8 cm³/mol. The molecular weight excluding hydrogens is 330 g/mol. The van der Waals surface area contributed by atoms with Crippen LogP contribution < -0.4 is 17.0 Å². The van der Waals surface area contributed by atoms with E-state index < -0.39 is 35.2 Å². The zero-order chi connectivity index (χ0) is 18.9. The third-order valence-corrected chi connectivity index (χ3v) is 3.70. The summed E-state index contributed by atoms with van der Waals surface area (Å²) in [7, 11) is 2.52. The summed E-state index contributed by atoms with van der Waals surface area (Å²) in [6, 6.07) is 4.33. The maximum atomic E-state index is 12.2. The van der Waals surface area contributed by atoms with Gasteiger partial charge in [-0.2, -0.15) is 0 Å². The van der Waals surface area contributed by atoms with Gasteiger partial charge in [0, 0.05) is 14.1 Å². The Kier molecular flexibility index (Phi) is 4.77. The molecular formula is C16H17N3O6. The van der Waals surface area contributed by atoms with Crippen LogP contribution in [0.3, 0.4) is 0 Å². The molecule has 1 heterocycles. The summed E-state index contributed by atoms with van der Waals surface area (Å²) >= 11 is 0. The van der Waals surface area contributed by atoms with Crippen molar-refractivity contribution in [3.63, 3.8) is 0 Å². The zero-order valence-electron chi connectivity index (χ0n) is 13.9. The molecule has 0 unspecified atom stereocenters. The van der Waals surface area contributed by atoms with Crippen LogP contribution in [0.25, 0.3) is 0 Å². The molecule has 3 N–H and O–H groups in total. The number of phenols is 1. The van der Waals surface area contributed by atoms with Crippen LogP contribution in [0.2, 0.25) is 0 Å². The van der Waals surface area contributed by atoms with Crippen molar-refractivity contribution in [3.8, 4) is 5.75 Å². The van der Waals surface area contributed by atoms with Crippen LogP contribution >= 0.6 is 0 Å². The fourth-order valence-electron chi connectivity index (χ4n) is 2.22. The van der Waals surface area contributed by atoms with Crippen molar-refractivity contribution < 1.29 is 19.4 Å². The summed E-state index contributed by atoms with van der Waals surface area (Å²) in [5, 5.41) is 9.74. The maximum Gasteiger partial charge on any atom is 0.342 e. The number of hydrogen-bond donors (Lipinski definition) is 2. The van der Waals surface area contributed by atoms with Crippen LogP contribution in [0.4, 0.5) is 5.82 Å². The van der Waals surface area contributed by atoms with Gasteiger partial charge in [-0.15, -0.1) is 0 Å². The second-order valence-corrected chi connectivity index (χ2v) is 5.49. The van der Waals surface area contributed by atoms with Crippen LogP contribution in [0, 0.1) is 6.92 Å².